The van der Waals surface area contributed by atoms with Gasteiger partial charge in [-0.3, -0.25) is 9.58 Å². The highest BCUT2D eigenvalue weighted by molar-refractivity contribution is 6.33. The molecule has 0 aromatic carbocycles. The van der Waals surface area contributed by atoms with Crippen molar-refractivity contribution < 1.29 is 0 Å². The number of aromatic nitrogens is 4. The van der Waals surface area contributed by atoms with Crippen LogP contribution in [-0.2, 0) is 13.6 Å². The van der Waals surface area contributed by atoms with Crippen molar-refractivity contribution in [3.63, 3.8) is 0 Å². The zero-order valence-corrected chi connectivity index (χ0v) is 12.9. The van der Waals surface area contributed by atoms with Crippen LogP contribution in [0.3, 0.4) is 0 Å². The molecule has 108 valence electrons. The number of halogens is 1. The largest absolute Gasteiger partial charge is 0.296 e. The second-order valence-electron chi connectivity index (χ2n) is 5.91. The van der Waals surface area contributed by atoms with E-state index in [4.69, 9.17) is 11.6 Å². The number of aryl methyl sites for hydroxylation is 1. The molecule has 0 spiro atoms. The number of rotatable bonds is 2. The van der Waals surface area contributed by atoms with Gasteiger partial charge in [0.25, 0.3) is 0 Å². The van der Waals surface area contributed by atoms with Gasteiger partial charge in [0.15, 0.2) is 5.65 Å². The molecule has 20 heavy (non-hydrogen) atoms. The molecule has 1 aliphatic rings. The van der Waals surface area contributed by atoms with E-state index in [2.05, 4.69) is 33.8 Å². The molecule has 1 saturated heterocycles. The number of fused-ring (bicyclic) bond motifs is 1. The quantitative estimate of drug-likeness (QED) is 0.798. The number of hydrogen-bond donors (Lipinski definition) is 0. The molecule has 2 unspecified atom stereocenters. The first kappa shape index (κ1) is 13.8. The van der Waals surface area contributed by atoms with Gasteiger partial charge in [-0.15, -0.1) is 0 Å². The van der Waals surface area contributed by atoms with E-state index in [1.807, 2.05) is 7.05 Å². The van der Waals surface area contributed by atoms with Crippen LogP contribution in [-0.4, -0.2) is 37.7 Å². The average Bonchev–Trinajstić information content (AvgIpc) is 2.77. The van der Waals surface area contributed by atoms with Crippen molar-refractivity contribution in [1.29, 1.82) is 0 Å². The summed E-state index contributed by atoms with van der Waals surface area (Å²) in [6, 6.07) is 0. The summed E-state index contributed by atoms with van der Waals surface area (Å²) in [5.74, 6) is 2.31. The molecule has 2 aromatic heterocycles. The van der Waals surface area contributed by atoms with Crippen molar-refractivity contribution in [1.82, 2.24) is 24.6 Å². The van der Waals surface area contributed by atoms with E-state index in [-0.39, 0.29) is 0 Å². The lowest BCUT2D eigenvalue weighted by Crippen LogP contribution is -2.38. The third-order valence-corrected chi connectivity index (χ3v) is 4.66. The molecule has 2 aromatic rings. The highest BCUT2D eigenvalue weighted by Crippen LogP contribution is 2.24. The van der Waals surface area contributed by atoms with Crippen molar-refractivity contribution >= 4 is 22.6 Å². The molecule has 0 aliphatic carbocycles. The monoisotopic (exact) mass is 293 g/mol. The van der Waals surface area contributed by atoms with E-state index in [1.165, 1.54) is 6.42 Å². The summed E-state index contributed by atoms with van der Waals surface area (Å²) < 4.78 is 1.74. The summed E-state index contributed by atoms with van der Waals surface area (Å²) in [6.45, 7) is 7.62. The zero-order chi connectivity index (χ0) is 14.3. The summed E-state index contributed by atoms with van der Waals surface area (Å²) in [6.07, 6.45) is 2.95. The molecular weight excluding hydrogens is 274 g/mol. The van der Waals surface area contributed by atoms with E-state index in [1.54, 1.807) is 10.9 Å². The Morgan fingerprint density at radius 1 is 1.30 bits per heavy atom. The van der Waals surface area contributed by atoms with Crippen LogP contribution in [0.15, 0.2) is 6.20 Å². The average molecular weight is 294 g/mol. The second-order valence-corrected chi connectivity index (χ2v) is 6.27. The predicted octanol–water partition coefficient (Wildman–Crippen LogP) is 2.49. The van der Waals surface area contributed by atoms with Crippen LogP contribution < -0.4 is 0 Å². The van der Waals surface area contributed by atoms with Crippen LogP contribution in [0, 0.1) is 11.8 Å². The van der Waals surface area contributed by atoms with E-state index in [0.29, 0.717) is 5.15 Å². The molecule has 3 heterocycles. The standard InChI is InChI=1S/C14H20ClN5/c1-9-4-5-20(7-10(9)2)8-12-17-13(15)11-6-16-19(3)14(11)18-12/h6,9-10H,4-5,7-8H2,1-3H3. The molecule has 2 atom stereocenters. The van der Waals surface area contributed by atoms with Crippen molar-refractivity contribution in [3.05, 3.63) is 17.2 Å². The van der Waals surface area contributed by atoms with Gasteiger partial charge in [-0.05, 0) is 24.8 Å². The van der Waals surface area contributed by atoms with Crippen molar-refractivity contribution in [3.8, 4) is 0 Å². The molecular formula is C14H20ClN5. The van der Waals surface area contributed by atoms with Crippen molar-refractivity contribution in [2.24, 2.45) is 18.9 Å². The minimum Gasteiger partial charge on any atom is -0.296 e. The first-order valence-electron chi connectivity index (χ1n) is 7.11. The summed E-state index contributed by atoms with van der Waals surface area (Å²) in [4.78, 5) is 11.4. The molecule has 0 saturated carbocycles. The van der Waals surface area contributed by atoms with Gasteiger partial charge in [0, 0.05) is 13.6 Å². The number of nitrogens with zero attached hydrogens (tertiary/aromatic N) is 5. The Morgan fingerprint density at radius 2 is 2.10 bits per heavy atom. The van der Waals surface area contributed by atoms with Gasteiger partial charge in [-0.25, -0.2) is 9.97 Å². The zero-order valence-electron chi connectivity index (χ0n) is 12.2. The SMILES string of the molecule is CC1CCN(Cc2nc(Cl)c3cnn(C)c3n2)CC1C. The first-order chi connectivity index (χ1) is 9.54. The fourth-order valence-electron chi connectivity index (χ4n) is 2.79. The number of likely N-dealkylation sites (tertiary alicyclic amines) is 1. The van der Waals surface area contributed by atoms with Gasteiger partial charge in [0.05, 0.1) is 18.1 Å². The molecule has 0 amide bonds. The van der Waals surface area contributed by atoms with Crippen LogP contribution >= 0.6 is 11.6 Å². The Morgan fingerprint density at radius 3 is 2.85 bits per heavy atom. The highest BCUT2D eigenvalue weighted by Gasteiger charge is 2.23. The molecule has 0 N–H and O–H groups in total. The van der Waals surface area contributed by atoms with E-state index >= 15 is 0 Å². The third kappa shape index (κ3) is 2.52. The third-order valence-electron chi connectivity index (χ3n) is 4.38. The van der Waals surface area contributed by atoms with Gasteiger partial charge in [-0.1, -0.05) is 25.4 Å². The van der Waals surface area contributed by atoms with E-state index in [0.717, 1.165) is 48.3 Å². The molecule has 3 rings (SSSR count). The summed E-state index contributed by atoms with van der Waals surface area (Å²) in [5, 5.41) is 5.50. The maximum absolute atomic E-state index is 6.22. The minimum atomic E-state index is 0.497. The lowest BCUT2D eigenvalue weighted by Gasteiger charge is -2.34. The lowest BCUT2D eigenvalue weighted by molar-refractivity contribution is 0.129. The van der Waals surface area contributed by atoms with Gasteiger partial charge in [-0.2, -0.15) is 5.10 Å². The van der Waals surface area contributed by atoms with Gasteiger partial charge < -0.3 is 0 Å². The normalized spacial score (nSPS) is 24.4. The minimum absolute atomic E-state index is 0.497. The molecule has 6 heteroatoms. The Hall–Kier alpha value is -1.20. The van der Waals surface area contributed by atoms with Crippen LogP contribution in [0.4, 0.5) is 0 Å². The van der Waals surface area contributed by atoms with Gasteiger partial charge in [0.2, 0.25) is 0 Å². The Kier molecular flexibility index (Phi) is 3.65. The predicted molar refractivity (Wildman–Crippen MR) is 79.5 cm³/mol. The second kappa shape index (κ2) is 5.30. The molecule has 0 radical (unpaired) electrons. The maximum Gasteiger partial charge on any atom is 0.162 e. The maximum atomic E-state index is 6.22. The van der Waals surface area contributed by atoms with E-state index < -0.39 is 0 Å². The Labute approximate surface area is 124 Å². The van der Waals surface area contributed by atoms with Crippen LogP contribution in [0.2, 0.25) is 5.15 Å². The molecule has 0 bridgehead atoms. The van der Waals surface area contributed by atoms with Crippen LogP contribution in [0.1, 0.15) is 26.1 Å². The Bertz CT molecular complexity index is 623. The van der Waals surface area contributed by atoms with Crippen molar-refractivity contribution in [2.45, 2.75) is 26.8 Å². The molecule has 1 aliphatic heterocycles. The van der Waals surface area contributed by atoms with Gasteiger partial charge >= 0.3 is 0 Å². The summed E-state index contributed by atoms with van der Waals surface area (Å²) in [5.41, 5.74) is 0.804. The molecule has 1 fully saturated rings. The first-order valence-corrected chi connectivity index (χ1v) is 7.49. The topological polar surface area (TPSA) is 46.8 Å². The summed E-state index contributed by atoms with van der Waals surface area (Å²) >= 11 is 6.22. The number of hydrogen-bond acceptors (Lipinski definition) is 4. The Balaban J connectivity index is 1.82. The lowest BCUT2D eigenvalue weighted by atomic mass is 9.89. The fourth-order valence-corrected chi connectivity index (χ4v) is 3.02. The number of piperidine rings is 1. The van der Waals surface area contributed by atoms with Crippen LogP contribution in [0.5, 0.6) is 0 Å². The van der Waals surface area contributed by atoms with Gasteiger partial charge in [0.1, 0.15) is 11.0 Å². The fraction of sp³-hybridized carbons (Fsp3) is 0.643. The summed E-state index contributed by atoms with van der Waals surface area (Å²) in [7, 11) is 1.88. The van der Waals surface area contributed by atoms with E-state index in [9.17, 15) is 0 Å². The molecule has 5 nitrogen and oxygen atoms in total. The van der Waals surface area contributed by atoms with Crippen molar-refractivity contribution in [2.75, 3.05) is 13.1 Å². The smallest absolute Gasteiger partial charge is 0.162 e. The highest BCUT2D eigenvalue weighted by atomic mass is 35.5. The van der Waals surface area contributed by atoms with Crippen LogP contribution in [0.25, 0.3) is 11.0 Å².